The normalized spacial score (nSPS) is 10.2. The van der Waals surface area contributed by atoms with Crippen molar-refractivity contribution >= 4 is 5.91 Å². The lowest BCUT2D eigenvalue weighted by atomic mass is 10.1. The van der Waals surface area contributed by atoms with Crippen molar-refractivity contribution in [3.8, 4) is 5.75 Å². The Morgan fingerprint density at radius 3 is 2.19 bits per heavy atom. The Morgan fingerprint density at radius 2 is 1.62 bits per heavy atom. The SMILES string of the molecule is CCc1ccc(C(=O)NCCc2ccc(OC)cc2)cc1. The van der Waals surface area contributed by atoms with Crippen molar-refractivity contribution < 1.29 is 9.53 Å². The highest BCUT2D eigenvalue weighted by Gasteiger charge is 2.04. The van der Waals surface area contributed by atoms with Gasteiger partial charge in [0, 0.05) is 12.1 Å². The molecule has 3 heteroatoms. The monoisotopic (exact) mass is 283 g/mol. The summed E-state index contributed by atoms with van der Waals surface area (Å²) in [7, 11) is 1.65. The molecule has 0 spiro atoms. The first kappa shape index (κ1) is 15.1. The third-order valence-corrected chi connectivity index (χ3v) is 3.48. The van der Waals surface area contributed by atoms with Crippen LogP contribution >= 0.6 is 0 Å². The van der Waals surface area contributed by atoms with Gasteiger partial charge in [0.05, 0.1) is 7.11 Å². The summed E-state index contributed by atoms with van der Waals surface area (Å²) in [6, 6.07) is 15.6. The highest BCUT2D eigenvalue weighted by atomic mass is 16.5. The van der Waals surface area contributed by atoms with E-state index in [4.69, 9.17) is 4.74 Å². The first-order valence-electron chi connectivity index (χ1n) is 7.23. The molecule has 0 aliphatic carbocycles. The molecule has 0 saturated carbocycles. The molecule has 0 aliphatic rings. The lowest BCUT2D eigenvalue weighted by molar-refractivity contribution is 0.0954. The fourth-order valence-corrected chi connectivity index (χ4v) is 2.11. The Balaban J connectivity index is 1.82. The average Bonchev–Trinajstić information content (AvgIpc) is 2.55. The predicted octanol–water partition coefficient (Wildman–Crippen LogP) is 3.23. The number of rotatable bonds is 6. The Kier molecular flexibility index (Phi) is 5.38. The quantitative estimate of drug-likeness (QED) is 0.884. The van der Waals surface area contributed by atoms with Crippen LogP contribution in [0.25, 0.3) is 0 Å². The van der Waals surface area contributed by atoms with Crippen LogP contribution in [-0.2, 0) is 12.8 Å². The molecule has 2 aromatic rings. The number of ether oxygens (including phenoxy) is 1. The van der Waals surface area contributed by atoms with Crippen molar-refractivity contribution in [3.63, 3.8) is 0 Å². The van der Waals surface area contributed by atoms with Crippen LogP contribution < -0.4 is 10.1 Å². The van der Waals surface area contributed by atoms with Gasteiger partial charge in [0.25, 0.3) is 5.91 Å². The zero-order chi connectivity index (χ0) is 15.1. The number of carbonyl (C=O) groups excluding carboxylic acids is 1. The Morgan fingerprint density at radius 1 is 1.00 bits per heavy atom. The van der Waals surface area contributed by atoms with Crippen LogP contribution in [-0.4, -0.2) is 19.6 Å². The van der Waals surface area contributed by atoms with Gasteiger partial charge in [-0.15, -0.1) is 0 Å². The van der Waals surface area contributed by atoms with E-state index < -0.39 is 0 Å². The number of benzene rings is 2. The number of methoxy groups -OCH3 is 1. The van der Waals surface area contributed by atoms with Gasteiger partial charge in [0.1, 0.15) is 5.75 Å². The van der Waals surface area contributed by atoms with E-state index in [1.807, 2.05) is 48.5 Å². The topological polar surface area (TPSA) is 38.3 Å². The Labute approximate surface area is 126 Å². The van der Waals surface area contributed by atoms with Crippen molar-refractivity contribution in [2.45, 2.75) is 19.8 Å². The van der Waals surface area contributed by atoms with Crippen LogP contribution in [0.4, 0.5) is 0 Å². The summed E-state index contributed by atoms with van der Waals surface area (Å²) in [5, 5.41) is 2.94. The molecule has 0 saturated heterocycles. The smallest absolute Gasteiger partial charge is 0.251 e. The zero-order valence-electron chi connectivity index (χ0n) is 12.6. The van der Waals surface area contributed by atoms with Crippen LogP contribution in [0.15, 0.2) is 48.5 Å². The molecule has 1 amide bonds. The standard InChI is InChI=1S/C18H21NO2/c1-3-14-4-8-16(9-5-14)18(20)19-13-12-15-6-10-17(21-2)11-7-15/h4-11H,3,12-13H2,1-2H3,(H,19,20). The van der Waals surface area contributed by atoms with Gasteiger partial charge in [-0.25, -0.2) is 0 Å². The minimum absolute atomic E-state index is 0.0221. The number of aryl methyl sites for hydroxylation is 1. The molecule has 0 bridgehead atoms. The molecule has 0 unspecified atom stereocenters. The highest BCUT2D eigenvalue weighted by Crippen LogP contribution is 2.11. The van der Waals surface area contributed by atoms with Gasteiger partial charge in [0.2, 0.25) is 0 Å². The van der Waals surface area contributed by atoms with Gasteiger partial charge in [-0.2, -0.15) is 0 Å². The van der Waals surface area contributed by atoms with Crippen LogP contribution in [0.5, 0.6) is 5.75 Å². The van der Waals surface area contributed by atoms with Crippen molar-refractivity contribution in [2.24, 2.45) is 0 Å². The van der Waals surface area contributed by atoms with Crippen LogP contribution in [0.2, 0.25) is 0 Å². The number of hydrogen-bond acceptors (Lipinski definition) is 2. The van der Waals surface area contributed by atoms with E-state index in [1.165, 1.54) is 11.1 Å². The number of amides is 1. The van der Waals surface area contributed by atoms with Gasteiger partial charge in [-0.05, 0) is 48.2 Å². The maximum Gasteiger partial charge on any atom is 0.251 e. The molecular formula is C18H21NO2. The van der Waals surface area contributed by atoms with Gasteiger partial charge in [0.15, 0.2) is 0 Å². The minimum Gasteiger partial charge on any atom is -0.497 e. The number of nitrogens with one attached hydrogen (secondary N) is 1. The van der Waals surface area contributed by atoms with Crippen LogP contribution in [0.3, 0.4) is 0 Å². The van der Waals surface area contributed by atoms with E-state index in [9.17, 15) is 4.79 Å². The van der Waals surface area contributed by atoms with E-state index in [1.54, 1.807) is 7.11 Å². The fraction of sp³-hybridized carbons (Fsp3) is 0.278. The van der Waals surface area contributed by atoms with Crippen LogP contribution in [0.1, 0.15) is 28.4 Å². The molecule has 2 aromatic carbocycles. The van der Waals surface area contributed by atoms with E-state index in [0.717, 1.165) is 18.6 Å². The first-order valence-corrected chi connectivity index (χ1v) is 7.23. The first-order chi connectivity index (χ1) is 10.2. The van der Waals surface area contributed by atoms with E-state index in [2.05, 4.69) is 12.2 Å². The van der Waals surface area contributed by atoms with Crippen molar-refractivity contribution in [3.05, 3.63) is 65.2 Å². The third-order valence-electron chi connectivity index (χ3n) is 3.48. The van der Waals surface area contributed by atoms with E-state index in [0.29, 0.717) is 12.1 Å². The van der Waals surface area contributed by atoms with Gasteiger partial charge >= 0.3 is 0 Å². The lowest BCUT2D eigenvalue weighted by Crippen LogP contribution is -2.25. The van der Waals surface area contributed by atoms with Gasteiger partial charge in [-0.3, -0.25) is 4.79 Å². The minimum atomic E-state index is -0.0221. The molecule has 2 rings (SSSR count). The summed E-state index contributed by atoms with van der Waals surface area (Å²) in [6.45, 7) is 2.73. The van der Waals surface area contributed by atoms with Crippen LogP contribution in [0, 0.1) is 0 Å². The van der Waals surface area contributed by atoms with E-state index >= 15 is 0 Å². The molecule has 0 aliphatic heterocycles. The second-order valence-corrected chi connectivity index (χ2v) is 4.90. The predicted molar refractivity (Wildman–Crippen MR) is 84.9 cm³/mol. The molecule has 0 radical (unpaired) electrons. The Bertz CT molecular complexity index is 573. The average molecular weight is 283 g/mol. The molecule has 0 fully saturated rings. The summed E-state index contributed by atoms with van der Waals surface area (Å²) in [5.74, 6) is 0.824. The van der Waals surface area contributed by atoms with Crippen molar-refractivity contribution in [1.82, 2.24) is 5.32 Å². The maximum absolute atomic E-state index is 12.0. The summed E-state index contributed by atoms with van der Waals surface area (Å²) >= 11 is 0. The summed E-state index contributed by atoms with van der Waals surface area (Å²) in [5.41, 5.74) is 3.13. The van der Waals surface area contributed by atoms with Crippen molar-refractivity contribution in [1.29, 1.82) is 0 Å². The van der Waals surface area contributed by atoms with E-state index in [-0.39, 0.29) is 5.91 Å². The van der Waals surface area contributed by atoms with Gasteiger partial charge in [-0.1, -0.05) is 31.2 Å². The summed E-state index contributed by atoms with van der Waals surface area (Å²) in [6.07, 6.45) is 1.79. The molecule has 110 valence electrons. The van der Waals surface area contributed by atoms with Gasteiger partial charge < -0.3 is 10.1 Å². The lowest BCUT2D eigenvalue weighted by Gasteiger charge is -2.07. The molecule has 0 aromatic heterocycles. The largest absolute Gasteiger partial charge is 0.497 e. The maximum atomic E-state index is 12.0. The molecule has 0 atom stereocenters. The summed E-state index contributed by atoms with van der Waals surface area (Å²) in [4.78, 5) is 12.0. The molecular weight excluding hydrogens is 262 g/mol. The molecule has 0 heterocycles. The highest BCUT2D eigenvalue weighted by molar-refractivity contribution is 5.94. The Hall–Kier alpha value is -2.29. The molecule has 3 nitrogen and oxygen atoms in total. The third kappa shape index (κ3) is 4.35. The molecule has 21 heavy (non-hydrogen) atoms. The second kappa shape index (κ2) is 7.48. The summed E-state index contributed by atoms with van der Waals surface area (Å²) < 4.78 is 5.12. The fourth-order valence-electron chi connectivity index (χ4n) is 2.11. The zero-order valence-corrected chi connectivity index (χ0v) is 12.6. The number of carbonyl (C=O) groups is 1. The van der Waals surface area contributed by atoms with Crippen molar-refractivity contribution in [2.75, 3.05) is 13.7 Å². The molecule has 1 N–H and O–H groups in total. The second-order valence-electron chi connectivity index (χ2n) is 4.90. The number of hydrogen-bond donors (Lipinski definition) is 1.